The molecule has 4 heterocycles. The van der Waals surface area contributed by atoms with Crippen molar-refractivity contribution < 1.29 is 18.0 Å². The molecule has 41 heavy (non-hydrogen) atoms. The van der Waals surface area contributed by atoms with Gasteiger partial charge in [0.25, 0.3) is 0 Å². The number of nitrogens with one attached hydrogen (secondary N) is 3. The highest BCUT2D eigenvalue weighted by Crippen LogP contribution is 2.26. The number of halogens is 6. The summed E-state index contributed by atoms with van der Waals surface area (Å²) in [5, 5.41) is 16.4. The fourth-order valence-corrected chi connectivity index (χ4v) is 4.39. The molecule has 9 nitrogen and oxygen atoms in total. The maximum Gasteiger partial charge on any atom is 0.405 e. The average Bonchev–Trinajstić information content (AvgIpc) is 3.32. The second kappa shape index (κ2) is 14.5. The summed E-state index contributed by atoms with van der Waals surface area (Å²) >= 11 is 0. The molecule has 0 spiro atoms. The number of amides is 2. The second-order valence-electron chi connectivity index (χ2n) is 9.32. The van der Waals surface area contributed by atoms with E-state index in [0.717, 1.165) is 54.3 Å². The van der Waals surface area contributed by atoms with Gasteiger partial charge in [-0.05, 0) is 69.4 Å². The van der Waals surface area contributed by atoms with Gasteiger partial charge in [-0.2, -0.15) is 13.2 Å². The van der Waals surface area contributed by atoms with Gasteiger partial charge < -0.3 is 20.9 Å². The van der Waals surface area contributed by atoms with Crippen LogP contribution in [-0.2, 0) is 0 Å². The Balaban J connectivity index is 0.00000196. The number of nitrogens with zero attached hydrogens (tertiary/aromatic N) is 5. The lowest BCUT2D eigenvalue weighted by molar-refractivity contribution is -0.122. The van der Waals surface area contributed by atoms with E-state index in [-0.39, 0.29) is 37.2 Å². The van der Waals surface area contributed by atoms with E-state index in [1.54, 1.807) is 29.7 Å². The first-order chi connectivity index (χ1) is 18.2. The minimum Gasteiger partial charge on any atom is -0.366 e. The quantitative estimate of drug-likeness (QED) is 0.244. The second-order valence-corrected chi connectivity index (χ2v) is 9.32. The van der Waals surface area contributed by atoms with E-state index in [1.165, 1.54) is 0 Å². The number of carbonyl (C=O) groups excluding carboxylic acids is 1. The first-order valence-corrected chi connectivity index (χ1v) is 12.2. The predicted molar refractivity (Wildman–Crippen MR) is 161 cm³/mol. The summed E-state index contributed by atoms with van der Waals surface area (Å²) in [4.78, 5) is 18.6. The van der Waals surface area contributed by atoms with Crippen LogP contribution in [0.3, 0.4) is 0 Å². The molecule has 1 aliphatic rings. The molecule has 3 aromatic heterocycles. The third-order valence-electron chi connectivity index (χ3n) is 6.41. The molecule has 1 fully saturated rings. The normalized spacial score (nSPS) is 13.9. The zero-order valence-corrected chi connectivity index (χ0v) is 24.3. The summed E-state index contributed by atoms with van der Waals surface area (Å²) < 4.78 is 38.9. The number of anilines is 2. The standard InChI is InChI=1S/C26H27F3N8O.3ClH/c1-36-10-8-19(9-11-36)32-23-6-5-21(34-35-23)17-7-12-37-22(15-30-24(37)14-17)18-3-2-4-20(13-18)33-25(38)31-16-26(27,28)29;;;/h2-7,12-15,19H,8-11,16H2,1H3,(H,32,35)(H2,31,33,38);3*1H. The molecule has 2 amide bonds. The van der Waals surface area contributed by atoms with Crippen molar-refractivity contribution in [2.45, 2.75) is 25.1 Å². The zero-order valence-electron chi connectivity index (χ0n) is 21.9. The number of hydrogen-bond donors (Lipinski definition) is 3. The predicted octanol–water partition coefficient (Wildman–Crippen LogP) is 5.91. The van der Waals surface area contributed by atoms with Gasteiger partial charge in [0.1, 0.15) is 18.0 Å². The van der Waals surface area contributed by atoms with Crippen LogP contribution in [-0.4, -0.2) is 69.4 Å². The van der Waals surface area contributed by atoms with Crippen LogP contribution in [0.2, 0.25) is 0 Å². The number of urea groups is 1. The third kappa shape index (κ3) is 8.83. The number of fused-ring (bicyclic) bond motifs is 1. The number of hydrogen-bond acceptors (Lipinski definition) is 6. The topological polar surface area (TPSA) is 99.5 Å². The van der Waals surface area contributed by atoms with E-state index in [9.17, 15) is 18.0 Å². The summed E-state index contributed by atoms with van der Waals surface area (Å²) in [7, 11) is 2.13. The van der Waals surface area contributed by atoms with Crippen molar-refractivity contribution in [2.24, 2.45) is 0 Å². The summed E-state index contributed by atoms with van der Waals surface area (Å²) in [5.41, 5.74) is 4.14. The van der Waals surface area contributed by atoms with Crippen molar-refractivity contribution in [3.8, 4) is 22.5 Å². The average molecular weight is 634 g/mol. The molecule has 5 rings (SSSR count). The van der Waals surface area contributed by atoms with Crippen molar-refractivity contribution in [1.29, 1.82) is 0 Å². The third-order valence-corrected chi connectivity index (χ3v) is 6.41. The summed E-state index contributed by atoms with van der Waals surface area (Å²) in [5.74, 6) is 0.757. The van der Waals surface area contributed by atoms with Crippen molar-refractivity contribution in [2.75, 3.05) is 37.3 Å². The Morgan fingerprint density at radius 3 is 2.44 bits per heavy atom. The Hall–Kier alpha value is -3.32. The number of imidazole rings is 1. The number of alkyl halides is 3. The molecular weight excluding hydrogens is 604 g/mol. The molecule has 0 radical (unpaired) electrons. The molecular formula is C26H30Cl3F3N8O. The maximum absolute atomic E-state index is 12.3. The number of pyridine rings is 1. The highest BCUT2D eigenvalue weighted by atomic mass is 35.5. The Labute approximate surface area is 253 Å². The van der Waals surface area contributed by atoms with Crippen LogP contribution < -0.4 is 16.0 Å². The molecule has 4 aromatic rings. The molecule has 0 bridgehead atoms. The molecule has 1 saturated heterocycles. The van der Waals surface area contributed by atoms with Crippen LogP contribution in [0, 0.1) is 0 Å². The van der Waals surface area contributed by atoms with E-state index in [4.69, 9.17) is 0 Å². The molecule has 15 heteroatoms. The van der Waals surface area contributed by atoms with Gasteiger partial charge in [-0.25, -0.2) is 9.78 Å². The molecule has 0 atom stereocenters. The van der Waals surface area contributed by atoms with Crippen LogP contribution in [0.5, 0.6) is 0 Å². The van der Waals surface area contributed by atoms with E-state index in [2.05, 4.69) is 37.8 Å². The monoisotopic (exact) mass is 632 g/mol. The fraction of sp³-hybridized carbons (Fsp3) is 0.308. The van der Waals surface area contributed by atoms with Crippen LogP contribution in [0.25, 0.3) is 28.2 Å². The molecule has 1 aliphatic heterocycles. The molecule has 0 aliphatic carbocycles. The number of piperidine rings is 1. The highest BCUT2D eigenvalue weighted by Gasteiger charge is 2.27. The Morgan fingerprint density at radius 2 is 1.76 bits per heavy atom. The lowest BCUT2D eigenvalue weighted by Gasteiger charge is -2.29. The molecule has 0 unspecified atom stereocenters. The minimum atomic E-state index is -4.48. The fourth-order valence-electron chi connectivity index (χ4n) is 4.39. The molecule has 222 valence electrons. The van der Waals surface area contributed by atoms with Crippen LogP contribution >= 0.6 is 37.2 Å². The first kappa shape index (κ1) is 33.9. The van der Waals surface area contributed by atoms with Crippen LogP contribution in [0.4, 0.5) is 29.5 Å². The summed E-state index contributed by atoms with van der Waals surface area (Å²) in [6, 6.07) is 14.0. The van der Waals surface area contributed by atoms with E-state index in [0.29, 0.717) is 17.4 Å². The Morgan fingerprint density at radius 1 is 1.00 bits per heavy atom. The van der Waals surface area contributed by atoms with Gasteiger partial charge in [0.05, 0.1) is 17.6 Å². The number of benzene rings is 1. The van der Waals surface area contributed by atoms with Crippen LogP contribution in [0.1, 0.15) is 12.8 Å². The summed E-state index contributed by atoms with van der Waals surface area (Å²) in [6.45, 7) is 0.719. The zero-order chi connectivity index (χ0) is 26.7. The smallest absolute Gasteiger partial charge is 0.366 e. The van der Waals surface area contributed by atoms with Crippen molar-refractivity contribution in [3.05, 3.63) is 60.9 Å². The maximum atomic E-state index is 12.3. The van der Waals surface area contributed by atoms with E-state index >= 15 is 0 Å². The largest absolute Gasteiger partial charge is 0.405 e. The van der Waals surface area contributed by atoms with Crippen molar-refractivity contribution in [3.63, 3.8) is 0 Å². The lowest BCUT2D eigenvalue weighted by atomic mass is 10.1. The number of likely N-dealkylation sites (tertiary alicyclic amines) is 1. The van der Waals surface area contributed by atoms with Gasteiger partial charge in [0.2, 0.25) is 0 Å². The van der Waals surface area contributed by atoms with Crippen molar-refractivity contribution >= 4 is 60.4 Å². The lowest BCUT2D eigenvalue weighted by Crippen LogP contribution is -2.36. The first-order valence-electron chi connectivity index (χ1n) is 12.2. The number of aromatic nitrogens is 4. The minimum absolute atomic E-state index is 0. The number of rotatable bonds is 6. The van der Waals surface area contributed by atoms with E-state index < -0.39 is 18.8 Å². The highest BCUT2D eigenvalue weighted by molar-refractivity contribution is 5.90. The van der Waals surface area contributed by atoms with E-state index in [1.807, 2.05) is 40.9 Å². The summed E-state index contributed by atoms with van der Waals surface area (Å²) in [6.07, 6.45) is 1.23. The SMILES string of the molecule is CN1CCC(Nc2ccc(-c3ccn4c(-c5cccc(NC(=O)NCC(F)(F)F)c5)cnc4c3)nn2)CC1.Cl.Cl.Cl. The van der Waals surface area contributed by atoms with Gasteiger partial charge >= 0.3 is 12.2 Å². The van der Waals surface area contributed by atoms with Gasteiger partial charge in [-0.1, -0.05) is 12.1 Å². The van der Waals surface area contributed by atoms with Gasteiger partial charge in [0, 0.05) is 29.1 Å². The number of carbonyl (C=O) groups is 1. The molecule has 1 aromatic carbocycles. The van der Waals surface area contributed by atoms with Gasteiger partial charge in [-0.3, -0.25) is 4.40 Å². The molecule has 3 N–H and O–H groups in total. The van der Waals surface area contributed by atoms with Crippen molar-refractivity contribution in [1.82, 2.24) is 29.8 Å². The Bertz CT molecular complexity index is 1430. The molecule has 0 saturated carbocycles. The Kier molecular flexibility index (Phi) is 12.0. The van der Waals surface area contributed by atoms with Gasteiger partial charge in [0.15, 0.2) is 0 Å². The van der Waals surface area contributed by atoms with Crippen LogP contribution in [0.15, 0.2) is 60.9 Å². The van der Waals surface area contributed by atoms with Gasteiger partial charge in [-0.15, -0.1) is 47.4 Å².